The number of aryl methyl sites for hydroxylation is 1. The van der Waals surface area contributed by atoms with Crippen LogP contribution in [-0.2, 0) is 15.6 Å². The van der Waals surface area contributed by atoms with Crippen LogP contribution in [0.2, 0.25) is 0 Å². The van der Waals surface area contributed by atoms with Gasteiger partial charge < -0.3 is 4.74 Å². The molecule has 0 spiro atoms. The van der Waals surface area contributed by atoms with Crippen LogP contribution >= 0.6 is 0 Å². The van der Waals surface area contributed by atoms with Crippen molar-refractivity contribution in [3.05, 3.63) is 69.8 Å². The predicted molar refractivity (Wildman–Crippen MR) is 112 cm³/mol. The lowest BCUT2D eigenvalue weighted by atomic mass is 9.62. The fourth-order valence-electron chi connectivity index (χ4n) is 4.44. The number of hydrogen-bond donors (Lipinski definition) is 0. The molecular formula is C25H32O2. The molecular weight excluding hydrogens is 332 g/mol. The Morgan fingerprint density at radius 3 is 2.19 bits per heavy atom. The quantitative estimate of drug-likeness (QED) is 0.599. The van der Waals surface area contributed by atoms with Crippen molar-refractivity contribution in [2.75, 3.05) is 7.11 Å². The number of rotatable bonds is 3. The Kier molecular flexibility index (Phi) is 4.96. The maximum absolute atomic E-state index is 11.9. The molecule has 0 saturated heterocycles. The summed E-state index contributed by atoms with van der Waals surface area (Å²) >= 11 is 0. The molecule has 1 aliphatic carbocycles. The first-order chi connectivity index (χ1) is 12.6. The van der Waals surface area contributed by atoms with E-state index < -0.39 is 0 Å². The summed E-state index contributed by atoms with van der Waals surface area (Å²) in [6.07, 6.45) is 2.43. The molecule has 0 radical (unpaired) electrons. The lowest BCUT2D eigenvalue weighted by Crippen LogP contribution is -2.34. The van der Waals surface area contributed by atoms with Crippen LogP contribution in [0.15, 0.2) is 36.4 Å². The summed E-state index contributed by atoms with van der Waals surface area (Å²) in [5, 5.41) is 0. The normalized spacial score (nSPS) is 18.5. The Bertz CT molecular complexity index is 874. The predicted octanol–water partition coefficient (Wildman–Crippen LogP) is 6.28. The van der Waals surface area contributed by atoms with Gasteiger partial charge in [-0.3, -0.25) is 0 Å². The molecule has 3 rings (SSSR count). The van der Waals surface area contributed by atoms with Gasteiger partial charge in [0.2, 0.25) is 0 Å². The van der Waals surface area contributed by atoms with Crippen molar-refractivity contribution in [3.63, 3.8) is 0 Å². The van der Waals surface area contributed by atoms with E-state index in [0.717, 1.165) is 5.56 Å². The largest absolute Gasteiger partial charge is 0.465 e. The van der Waals surface area contributed by atoms with Gasteiger partial charge in [-0.1, -0.05) is 58.9 Å². The van der Waals surface area contributed by atoms with Crippen molar-refractivity contribution in [2.24, 2.45) is 0 Å². The molecule has 0 amide bonds. The number of carbonyl (C=O) groups is 1. The van der Waals surface area contributed by atoms with Crippen LogP contribution in [0.1, 0.15) is 91.6 Å². The Morgan fingerprint density at radius 1 is 1.00 bits per heavy atom. The molecule has 2 nitrogen and oxygen atoms in total. The van der Waals surface area contributed by atoms with E-state index in [1.807, 2.05) is 18.2 Å². The highest BCUT2D eigenvalue weighted by atomic mass is 16.5. The fourth-order valence-corrected chi connectivity index (χ4v) is 4.44. The lowest BCUT2D eigenvalue weighted by molar-refractivity contribution is 0.0600. The second kappa shape index (κ2) is 6.82. The number of esters is 1. The number of ether oxygens (including phenoxy) is 1. The summed E-state index contributed by atoms with van der Waals surface area (Å²) in [5.74, 6) is -0.0603. The molecule has 1 atom stereocenters. The number of benzene rings is 2. The summed E-state index contributed by atoms with van der Waals surface area (Å²) in [5.41, 5.74) is 7.83. The zero-order chi connectivity index (χ0) is 20.0. The van der Waals surface area contributed by atoms with Gasteiger partial charge in [-0.05, 0) is 70.5 Å². The third kappa shape index (κ3) is 3.54. The minimum absolute atomic E-state index is 0.195. The van der Waals surface area contributed by atoms with E-state index in [1.54, 1.807) is 0 Å². The van der Waals surface area contributed by atoms with Crippen LogP contribution in [0.5, 0.6) is 0 Å². The monoisotopic (exact) mass is 364 g/mol. The van der Waals surface area contributed by atoms with Crippen LogP contribution in [0.25, 0.3) is 0 Å². The molecule has 2 aromatic carbocycles. The van der Waals surface area contributed by atoms with Crippen LogP contribution in [-0.4, -0.2) is 13.1 Å². The Labute approximate surface area is 164 Å². The topological polar surface area (TPSA) is 26.3 Å². The van der Waals surface area contributed by atoms with Gasteiger partial charge in [0.1, 0.15) is 0 Å². The van der Waals surface area contributed by atoms with Crippen LogP contribution < -0.4 is 0 Å². The molecule has 2 aromatic rings. The molecule has 1 unspecified atom stereocenters. The molecule has 0 heterocycles. The summed E-state index contributed by atoms with van der Waals surface area (Å²) in [4.78, 5) is 11.9. The Balaban J connectivity index is 2.09. The molecule has 0 aromatic heterocycles. The summed E-state index contributed by atoms with van der Waals surface area (Å²) < 4.78 is 4.89. The number of fused-ring (bicyclic) bond motifs is 1. The third-order valence-corrected chi connectivity index (χ3v) is 6.51. The van der Waals surface area contributed by atoms with E-state index in [-0.39, 0.29) is 22.7 Å². The first-order valence-corrected chi connectivity index (χ1v) is 9.90. The highest BCUT2D eigenvalue weighted by Gasteiger charge is 2.37. The van der Waals surface area contributed by atoms with Crippen LogP contribution in [0, 0.1) is 6.92 Å². The van der Waals surface area contributed by atoms with Crippen molar-refractivity contribution < 1.29 is 9.53 Å². The summed E-state index contributed by atoms with van der Waals surface area (Å²) in [6, 6.07) is 12.7. The van der Waals surface area contributed by atoms with Crippen molar-refractivity contribution in [3.8, 4) is 0 Å². The molecule has 2 heteroatoms. The zero-order valence-electron chi connectivity index (χ0n) is 17.8. The maximum Gasteiger partial charge on any atom is 0.337 e. The van der Waals surface area contributed by atoms with E-state index in [2.05, 4.69) is 59.7 Å². The molecule has 0 bridgehead atoms. The van der Waals surface area contributed by atoms with Gasteiger partial charge in [-0.25, -0.2) is 4.79 Å². The average Bonchev–Trinajstić information content (AvgIpc) is 2.64. The van der Waals surface area contributed by atoms with E-state index in [0.29, 0.717) is 5.56 Å². The molecule has 0 saturated carbocycles. The minimum atomic E-state index is -0.283. The fraction of sp³-hybridized carbons (Fsp3) is 0.480. The van der Waals surface area contributed by atoms with Crippen molar-refractivity contribution in [2.45, 2.75) is 71.1 Å². The van der Waals surface area contributed by atoms with Crippen LogP contribution in [0.4, 0.5) is 0 Å². The van der Waals surface area contributed by atoms with Gasteiger partial charge in [0.15, 0.2) is 0 Å². The highest BCUT2D eigenvalue weighted by Crippen LogP contribution is 2.47. The Morgan fingerprint density at radius 2 is 1.59 bits per heavy atom. The Hall–Kier alpha value is -2.09. The van der Waals surface area contributed by atoms with Crippen molar-refractivity contribution in [1.29, 1.82) is 0 Å². The highest BCUT2D eigenvalue weighted by molar-refractivity contribution is 5.89. The van der Waals surface area contributed by atoms with Gasteiger partial charge in [0.05, 0.1) is 12.7 Å². The van der Waals surface area contributed by atoms with E-state index >= 15 is 0 Å². The average molecular weight is 365 g/mol. The van der Waals surface area contributed by atoms with Gasteiger partial charge in [0.25, 0.3) is 0 Å². The van der Waals surface area contributed by atoms with Gasteiger partial charge >= 0.3 is 5.97 Å². The van der Waals surface area contributed by atoms with Gasteiger partial charge in [-0.2, -0.15) is 0 Å². The second-order valence-electron chi connectivity index (χ2n) is 9.36. The molecule has 27 heavy (non-hydrogen) atoms. The first kappa shape index (κ1) is 19.7. The van der Waals surface area contributed by atoms with E-state index in [4.69, 9.17) is 4.74 Å². The number of carbonyl (C=O) groups excluding carboxylic acids is 1. The van der Waals surface area contributed by atoms with Gasteiger partial charge in [0, 0.05) is 5.92 Å². The number of hydrogen-bond acceptors (Lipinski definition) is 2. The lowest BCUT2D eigenvalue weighted by Gasteiger charge is -2.42. The smallest absolute Gasteiger partial charge is 0.337 e. The molecule has 1 aliphatic rings. The second-order valence-corrected chi connectivity index (χ2v) is 9.36. The summed E-state index contributed by atoms with van der Waals surface area (Å²) in [6.45, 7) is 13.9. The molecule has 0 fully saturated rings. The molecule has 0 aliphatic heterocycles. The van der Waals surface area contributed by atoms with Gasteiger partial charge in [-0.15, -0.1) is 0 Å². The van der Waals surface area contributed by atoms with Crippen LogP contribution in [0.3, 0.4) is 0 Å². The van der Waals surface area contributed by atoms with E-state index in [1.165, 1.54) is 42.2 Å². The zero-order valence-corrected chi connectivity index (χ0v) is 17.8. The molecule has 0 N–H and O–H groups in total. The minimum Gasteiger partial charge on any atom is -0.465 e. The van der Waals surface area contributed by atoms with Crippen molar-refractivity contribution >= 4 is 5.97 Å². The maximum atomic E-state index is 11.9. The third-order valence-electron chi connectivity index (χ3n) is 6.51. The van der Waals surface area contributed by atoms with Crippen molar-refractivity contribution in [1.82, 2.24) is 0 Å². The van der Waals surface area contributed by atoms with E-state index in [9.17, 15) is 4.79 Å². The first-order valence-electron chi connectivity index (χ1n) is 9.90. The summed E-state index contributed by atoms with van der Waals surface area (Å²) in [7, 11) is 1.43. The molecule has 144 valence electrons. The SMILES string of the molecule is COC(=O)c1cccc(C(C)c2cc3c(cc2C)C(C)(C)CCC3(C)C)c1. The standard InChI is InChI=1S/C25H32O2/c1-16-13-21-22(25(5,6)12-11-24(21,3)4)15-20(16)17(2)18-9-8-10-19(14-18)23(26)27-7/h8-10,13-15,17H,11-12H2,1-7H3. The number of methoxy groups -OCH3 is 1.